The molecule has 2 heterocycles. The van der Waals surface area contributed by atoms with Crippen molar-refractivity contribution in [2.75, 3.05) is 0 Å². The molecule has 0 saturated carbocycles. The lowest BCUT2D eigenvalue weighted by Crippen LogP contribution is -2.41. The van der Waals surface area contributed by atoms with Gasteiger partial charge in [-0.2, -0.15) is 0 Å². The fraction of sp³-hybridized carbons (Fsp3) is 0.455. The van der Waals surface area contributed by atoms with Crippen molar-refractivity contribution in [1.29, 1.82) is 0 Å². The van der Waals surface area contributed by atoms with Crippen LogP contribution in [0.2, 0.25) is 0 Å². The largest absolute Gasteiger partial charge is 0.331 e. The highest BCUT2D eigenvalue weighted by Gasteiger charge is 2.11. The van der Waals surface area contributed by atoms with Gasteiger partial charge in [0.15, 0.2) is 0 Å². The van der Waals surface area contributed by atoms with Crippen molar-refractivity contribution >= 4 is 22.6 Å². The van der Waals surface area contributed by atoms with Gasteiger partial charge in [0.2, 0.25) is 0 Å². The Morgan fingerprint density at radius 3 is 2.63 bits per heavy atom. The van der Waals surface area contributed by atoms with Crippen LogP contribution in [0.15, 0.2) is 22.0 Å². The Morgan fingerprint density at radius 1 is 1.32 bits per heavy atom. The first-order valence-corrected chi connectivity index (χ1v) is 6.95. The number of aromatic nitrogens is 5. The van der Waals surface area contributed by atoms with Gasteiger partial charge in [0.05, 0.1) is 10.1 Å². The first kappa shape index (κ1) is 14.0. The van der Waals surface area contributed by atoms with Gasteiger partial charge >= 0.3 is 5.69 Å². The van der Waals surface area contributed by atoms with Crippen LogP contribution < -0.4 is 11.2 Å². The molecule has 102 valence electrons. The molecule has 2 aromatic rings. The van der Waals surface area contributed by atoms with E-state index in [1.807, 2.05) is 29.5 Å². The second kappa shape index (κ2) is 5.68. The lowest BCUT2D eigenvalue weighted by molar-refractivity contribution is 0.562. The van der Waals surface area contributed by atoms with Gasteiger partial charge in [-0.25, -0.2) is 4.79 Å². The predicted octanol–water partition coefficient (Wildman–Crippen LogP) is 0.201. The number of aryl methyl sites for hydroxylation is 2. The van der Waals surface area contributed by atoms with Crippen LogP contribution in [0.25, 0.3) is 0 Å². The summed E-state index contributed by atoms with van der Waals surface area (Å²) in [7, 11) is 1.74. The van der Waals surface area contributed by atoms with Crippen LogP contribution in [-0.2, 0) is 20.1 Å². The Hall–Kier alpha value is -1.45. The van der Waals surface area contributed by atoms with E-state index in [-0.39, 0.29) is 17.8 Å². The summed E-state index contributed by atoms with van der Waals surface area (Å²) in [5.74, 6) is 0. The predicted molar refractivity (Wildman–Crippen MR) is 78.1 cm³/mol. The number of rotatable bonds is 4. The molecule has 0 aliphatic heterocycles. The lowest BCUT2D eigenvalue weighted by atomic mass is 10.4. The van der Waals surface area contributed by atoms with Crippen molar-refractivity contribution in [1.82, 2.24) is 24.1 Å². The second-order valence-corrected chi connectivity index (χ2v) is 5.39. The van der Waals surface area contributed by atoms with Crippen LogP contribution in [0, 0.1) is 3.57 Å². The number of halogens is 1. The van der Waals surface area contributed by atoms with Crippen molar-refractivity contribution in [2.45, 2.75) is 26.4 Å². The van der Waals surface area contributed by atoms with Crippen LogP contribution in [0.5, 0.6) is 0 Å². The fourth-order valence-corrected chi connectivity index (χ4v) is 2.42. The maximum Gasteiger partial charge on any atom is 0.331 e. The maximum absolute atomic E-state index is 12.2. The van der Waals surface area contributed by atoms with Crippen LogP contribution in [0.4, 0.5) is 0 Å². The van der Waals surface area contributed by atoms with Crippen molar-refractivity contribution in [3.63, 3.8) is 0 Å². The van der Waals surface area contributed by atoms with Gasteiger partial charge in [-0.05, 0) is 29.0 Å². The van der Waals surface area contributed by atoms with E-state index in [0.29, 0.717) is 15.8 Å². The van der Waals surface area contributed by atoms with Crippen molar-refractivity contribution in [3.8, 4) is 0 Å². The smallest absolute Gasteiger partial charge is 0.299 e. The highest BCUT2D eigenvalue weighted by atomic mass is 127. The fourth-order valence-electron chi connectivity index (χ4n) is 1.79. The molecule has 19 heavy (non-hydrogen) atoms. The zero-order valence-electron chi connectivity index (χ0n) is 10.7. The average molecular weight is 375 g/mol. The number of hydrogen-bond acceptors (Lipinski definition) is 4. The van der Waals surface area contributed by atoms with E-state index in [0.717, 1.165) is 6.42 Å². The summed E-state index contributed by atoms with van der Waals surface area (Å²) in [5, 5.41) is 7.70. The first-order chi connectivity index (χ1) is 9.02. The van der Waals surface area contributed by atoms with Crippen LogP contribution in [0.1, 0.15) is 19.0 Å². The topological polar surface area (TPSA) is 74.7 Å². The van der Waals surface area contributed by atoms with Gasteiger partial charge in [-0.15, -0.1) is 5.10 Å². The maximum atomic E-state index is 12.2. The Kier molecular flexibility index (Phi) is 4.17. The van der Waals surface area contributed by atoms with Crippen molar-refractivity contribution in [2.24, 2.45) is 7.05 Å². The number of hydrogen-bond donors (Lipinski definition) is 0. The second-order valence-electron chi connectivity index (χ2n) is 4.23. The van der Waals surface area contributed by atoms with E-state index in [2.05, 4.69) is 10.3 Å². The molecule has 0 saturated heterocycles. The van der Waals surface area contributed by atoms with Crippen LogP contribution >= 0.6 is 22.6 Å². The molecule has 0 amide bonds. The molecule has 0 N–H and O–H groups in total. The van der Waals surface area contributed by atoms with E-state index in [1.54, 1.807) is 28.7 Å². The molecule has 0 aliphatic rings. The minimum absolute atomic E-state index is 0.145. The summed E-state index contributed by atoms with van der Waals surface area (Å²) in [6, 6.07) is 0. The molecule has 8 heteroatoms. The quantitative estimate of drug-likeness (QED) is 0.716. The van der Waals surface area contributed by atoms with E-state index >= 15 is 0 Å². The molecule has 0 atom stereocenters. The van der Waals surface area contributed by atoms with Gasteiger partial charge in [0, 0.05) is 26.0 Å². The summed E-state index contributed by atoms with van der Waals surface area (Å²) in [4.78, 5) is 24.3. The summed E-state index contributed by atoms with van der Waals surface area (Å²) in [5.41, 5.74) is -0.00623. The third-order valence-electron chi connectivity index (χ3n) is 2.63. The van der Waals surface area contributed by atoms with E-state index in [9.17, 15) is 9.59 Å². The molecule has 0 spiro atoms. The number of nitrogens with zero attached hydrogens (tertiary/aromatic N) is 5. The monoisotopic (exact) mass is 375 g/mol. The highest BCUT2D eigenvalue weighted by Crippen LogP contribution is 1.98. The molecule has 0 aliphatic carbocycles. The minimum atomic E-state index is -0.307. The highest BCUT2D eigenvalue weighted by molar-refractivity contribution is 14.1. The van der Waals surface area contributed by atoms with Crippen LogP contribution in [-0.4, -0.2) is 24.1 Å². The zero-order valence-corrected chi connectivity index (χ0v) is 12.9. The SMILES string of the molecule is CCCn1cc(I)c(=O)n(Cc2cn(C)nn2)c1=O. The summed E-state index contributed by atoms with van der Waals surface area (Å²) in [6.07, 6.45) is 4.12. The zero-order chi connectivity index (χ0) is 14.0. The summed E-state index contributed by atoms with van der Waals surface area (Å²) < 4.78 is 4.81. The Bertz CT molecular complexity index is 700. The molecule has 0 radical (unpaired) electrons. The summed E-state index contributed by atoms with van der Waals surface area (Å²) >= 11 is 1.95. The Labute approximate surface area is 123 Å². The standard InChI is InChI=1S/C11H14IN5O2/c1-3-4-16-7-9(12)10(18)17(11(16)19)6-8-5-15(2)14-13-8/h5,7H,3-4,6H2,1-2H3. The first-order valence-electron chi connectivity index (χ1n) is 5.88. The molecule has 2 rings (SSSR count). The van der Waals surface area contributed by atoms with Crippen LogP contribution in [0.3, 0.4) is 0 Å². The third-order valence-corrected chi connectivity index (χ3v) is 3.37. The Balaban J connectivity index is 2.49. The third kappa shape index (κ3) is 2.94. The van der Waals surface area contributed by atoms with Crippen molar-refractivity contribution < 1.29 is 0 Å². The van der Waals surface area contributed by atoms with Gasteiger partial charge in [-0.3, -0.25) is 18.6 Å². The molecule has 0 fully saturated rings. The molecular formula is C11H14IN5O2. The molecule has 2 aromatic heterocycles. The molecule has 0 unspecified atom stereocenters. The van der Waals surface area contributed by atoms with E-state index < -0.39 is 0 Å². The average Bonchev–Trinajstić information content (AvgIpc) is 2.77. The van der Waals surface area contributed by atoms with E-state index in [4.69, 9.17) is 0 Å². The van der Waals surface area contributed by atoms with Gasteiger partial charge in [0.25, 0.3) is 5.56 Å². The molecule has 0 bridgehead atoms. The van der Waals surface area contributed by atoms with Gasteiger partial charge in [-0.1, -0.05) is 12.1 Å². The van der Waals surface area contributed by atoms with E-state index in [1.165, 1.54) is 4.57 Å². The van der Waals surface area contributed by atoms with Gasteiger partial charge < -0.3 is 0 Å². The lowest BCUT2D eigenvalue weighted by Gasteiger charge is -2.09. The molecular weight excluding hydrogens is 361 g/mol. The molecule has 7 nitrogen and oxygen atoms in total. The Morgan fingerprint density at radius 2 is 2.05 bits per heavy atom. The summed E-state index contributed by atoms with van der Waals surface area (Å²) in [6.45, 7) is 2.72. The minimum Gasteiger partial charge on any atom is -0.299 e. The molecule has 0 aromatic carbocycles. The van der Waals surface area contributed by atoms with Crippen molar-refractivity contribution in [3.05, 3.63) is 42.5 Å². The van der Waals surface area contributed by atoms with Gasteiger partial charge in [0.1, 0.15) is 5.69 Å². The normalized spacial score (nSPS) is 10.9.